The fourth-order valence-corrected chi connectivity index (χ4v) is 5.39. The summed E-state index contributed by atoms with van der Waals surface area (Å²) in [5.41, 5.74) is 7.43. The van der Waals surface area contributed by atoms with Crippen molar-refractivity contribution in [3.8, 4) is 28.3 Å². The molecule has 6 heteroatoms. The third kappa shape index (κ3) is 3.79. The number of aryl methyl sites for hydroxylation is 1. The lowest BCUT2D eigenvalue weighted by Gasteiger charge is -2.46. The molecule has 3 aromatic rings. The minimum absolute atomic E-state index is 0.0216. The van der Waals surface area contributed by atoms with Crippen molar-refractivity contribution in [3.05, 3.63) is 64.4 Å². The van der Waals surface area contributed by atoms with E-state index in [1.807, 2.05) is 12.1 Å². The zero-order valence-corrected chi connectivity index (χ0v) is 19.3. The number of aliphatic hydroxyl groups excluding tert-OH is 1. The second-order valence-electron chi connectivity index (χ2n) is 9.29. The van der Waals surface area contributed by atoms with Crippen LogP contribution in [0.3, 0.4) is 0 Å². The highest BCUT2D eigenvalue weighted by atomic mass is 35.5. The molecule has 5 rings (SSSR count). The van der Waals surface area contributed by atoms with E-state index >= 15 is 0 Å². The first-order valence-electron chi connectivity index (χ1n) is 11.1. The average molecular weight is 450 g/mol. The Morgan fingerprint density at radius 2 is 1.84 bits per heavy atom. The molecule has 1 saturated heterocycles. The largest absolute Gasteiger partial charge is 0.480 e. The van der Waals surface area contributed by atoms with E-state index in [-0.39, 0.29) is 12.0 Å². The van der Waals surface area contributed by atoms with E-state index < -0.39 is 0 Å². The Morgan fingerprint density at radius 3 is 2.62 bits per heavy atom. The summed E-state index contributed by atoms with van der Waals surface area (Å²) in [4.78, 5) is 11.7. The SMILES string of the molecule is COc1nc(-c2cccc(-c3cccc4c3CCC4)c2Cl)cnc1CN1CC(C)(CO)C1. The van der Waals surface area contributed by atoms with E-state index in [4.69, 9.17) is 21.3 Å². The van der Waals surface area contributed by atoms with Gasteiger partial charge in [-0.2, -0.15) is 0 Å². The molecular formula is C26H28ClN3O2. The fraction of sp³-hybridized carbons (Fsp3) is 0.385. The van der Waals surface area contributed by atoms with Crippen LogP contribution in [-0.4, -0.2) is 46.8 Å². The van der Waals surface area contributed by atoms with Crippen LogP contribution in [0.5, 0.6) is 5.88 Å². The summed E-state index contributed by atoms with van der Waals surface area (Å²) in [6, 6.07) is 12.6. The first-order chi connectivity index (χ1) is 15.5. The topological polar surface area (TPSA) is 58.5 Å². The first kappa shape index (κ1) is 21.4. The number of halogens is 1. The minimum atomic E-state index is -0.0216. The van der Waals surface area contributed by atoms with Gasteiger partial charge in [-0.15, -0.1) is 0 Å². The van der Waals surface area contributed by atoms with Crippen LogP contribution in [0.2, 0.25) is 5.02 Å². The second-order valence-corrected chi connectivity index (χ2v) is 9.67. The molecule has 166 valence electrons. The Balaban J connectivity index is 1.46. The zero-order chi connectivity index (χ0) is 22.3. The lowest BCUT2D eigenvalue weighted by Crippen LogP contribution is -2.55. The van der Waals surface area contributed by atoms with Crippen LogP contribution in [0.25, 0.3) is 22.4 Å². The van der Waals surface area contributed by atoms with Crippen molar-refractivity contribution >= 4 is 11.6 Å². The van der Waals surface area contributed by atoms with Gasteiger partial charge in [0.25, 0.3) is 0 Å². The third-order valence-electron chi connectivity index (χ3n) is 6.68. The number of fused-ring (bicyclic) bond motifs is 1. The fourth-order valence-electron chi connectivity index (χ4n) is 5.07. The molecule has 1 aliphatic carbocycles. The average Bonchev–Trinajstić information content (AvgIpc) is 3.27. The van der Waals surface area contributed by atoms with Crippen LogP contribution in [0, 0.1) is 5.41 Å². The highest BCUT2D eigenvalue weighted by Gasteiger charge is 2.38. The zero-order valence-electron chi connectivity index (χ0n) is 18.6. The molecule has 2 aromatic carbocycles. The molecule has 1 aromatic heterocycles. The summed E-state index contributed by atoms with van der Waals surface area (Å²) in [5, 5.41) is 10.2. The predicted molar refractivity (Wildman–Crippen MR) is 127 cm³/mol. The summed E-state index contributed by atoms with van der Waals surface area (Å²) in [7, 11) is 1.62. The van der Waals surface area contributed by atoms with Gasteiger partial charge in [-0.05, 0) is 36.0 Å². The van der Waals surface area contributed by atoms with E-state index in [0.29, 0.717) is 23.1 Å². The van der Waals surface area contributed by atoms with Gasteiger partial charge in [0.15, 0.2) is 0 Å². The number of nitrogens with zero attached hydrogens (tertiary/aromatic N) is 3. The molecule has 5 nitrogen and oxygen atoms in total. The van der Waals surface area contributed by atoms with Crippen LogP contribution in [0.15, 0.2) is 42.6 Å². The first-order valence-corrected chi connectivity index (χ1v) is 11.5. The number of aromatic nitrogens is 2. The Hall–Kier alpha value is -2.47. The van der Waals surface area contributed by atoms with Gasteiger partial charge in [0.1, 0.15) is 5.69 Å². The monoisotopic (exact) mass is 449 g/mol. The molecule has 2 heterocycles. The van der Waals surface area contributed by atoms with Gasteiger partial charge in [-0.25, -0.2) is 4.98 Å². The lowest BCUT2D eigenvalue weighted by molar-refractivity contribution is -0.0329. The van der Waals surface area contributed by atoms with Crippen LogP contribution >= 0.6 is 11.6 Å². The number of benzene rings is 2. The second kappa shape index (κ2) is 8.47. The smallest absolute Gasteiger partial charge is 0.237 e. The third-order valence-corrected chi connectivity index (χ3v) is 7.09. The normalized spacial score (nSPS) is 17.1. The van der Waals surface area contributed by atoms with E-state index in [1.165, 1.54) is 23.1 Å². The Bertz CT molecular complexity index is 1160. The van der Waals surface area contributed by atoms with Crippen molar-refractivity contribution in [2.24, 2.45) is 5.41 Å². The number of hydrogen-bond acceptors (Lipinski definition) is 5. The van der Waals surface area contributed by atoms with Gasteiger partial charge in [0, 0.05) is 36.2 Å². The highest BCUT2D eigenvalue weighted by Crippen LogP contribution is 2.40. The summed E-state index contributed by atoms with van der Waals surface area (Å²) in [6.07, 6.45) is 5.21. The van der Waals surface area contributed by atoms with Gasteiger partial charge in [0.2, 0.25) is 5.88 Å². The molecule has 1 fully saturated rings. The number of likely N-dealkylation sites (tertiary alicyclic amines) is 1. The van der Waals surface area contributed by atoms with Gasteiger partial charge in [0.05, 0.1) is 30.6 Å². The summed E-state index contributed by atoms with van der Waals surface area (Å²) >= 11 is 6.94. The molecule has 0 atom stereocenters. The molecule has 1 N–H and O–H groups in total. The molecule has 0 unspecified atom stereocenters. The summed E-state index contributed by atoms with van der Waals surface area (Å²) in [6.45, 7) is 4.62. The maximum absolute atomic E-state index is 9.48. The molecular weight excluding hydrogens is 422 g/mol. The van der Waals surface area contributed by atoms with E-state index in [9.17, 15) is 5.11 Å². The quantitative estimate of drug-likeness (QED) is 0.587. The Morgan fingerprint density at radius 1 is 1.09 bits per heavy atom. The standard InChI is InChI=1S/C26H28ClN3O2/c1-26(16-31)14-30(15-26)13-23-25(32-2)29-22(12-28-23)21-11-5-10-20(24(21)27)19-9-4-7-17-6-3-8-18(17)19/h4-5,7,9-12,31H,3,6,8,13-16H2,1-2H3. The van der Waals surface area contributed by atoms with Crippen LogP contribution in [-0.2, 0) is 19.4 Å². The number of aliphatic hydroxyl groups is 1. The summed E-state index contributed by atoms with van der Waals surface area (Å²) < 4.78 is 5.58. The van der Waals surface area contributed by atoms with Crippen LogP contribution in [0.4, 0.5) is 0 Å². The molecule has 0 amide bonds. The van der Waals surface area contributed by atoms with Crippen molar-refractivity contribution in [3.63, 3.8) is 0 Å². The number of hydrogen-bond donors (Lipinski definition) is 1. The van der Waals surface area contributed by atoms with Crippen molar-refractivity contribution in [2.45, 2.75) is 32.7 Å². The molecule has 0 radical (unpaired) electrons. The predicted octanol–water partition coefficient (Wildman–Crippen LogP) is 4.78. The van der Waals surface area contributed by atoms with Crippen molar-refractivity contribution in [1.29, 1.82) is 0 Å². The maximum Gasteiger partial charge on any atom is 0.237 e. The molecule has 0 saturated carbocycles. The van der Waals surface area contributed by atoms with Crippen molar-refractivity contribution in [1.82, 2.24) is 14.9 Å². The van der Waals surface area contributed by atoms with Crippen molar-refractivity contribution in [2.75, 3.05) is 26.8 Å². The minimum Gasteiger partial charge on any atom is -0.480 e. The van der Waals surface area contributed by atoms with Gasteiger partial charge in [-0.3, -0.25) is 9.88 Å². The molecule has 0 spiro atoms. The number of methoxy groups -OCH3 is 1. The molecule has 0 bridgehead atoms. The van der Waals surface area contributed by atoms with Crippen LogP contribution in [0.1, 0.15) is 30.2 Å². The van der Waals surface area contributed by atoms with E-state index in [2.05, 4.69) is 41.1 Å². The van der Waals surface area contributed by atoms with Crippen molar-refractivity contribution < 1.29 is 9.84 Å². The van der Waals surface area contributed by atoms with Gasteiger partial charge in [-0.1, -0.05) is 54.9 Å². The lowest BCUT2D eigenvalue weighted by atomic mass is 9.83. The van der Waals surface area contributed by atoms with Gasteiger partial charge < -0.3 is 9.84 Å². The van der Waals surface area contributed by atoms with E-state index in [0.717, 1.165) is 42.8 Å². The molecule has 2 aliphatic rings. The number of rotatable bonds is 6. The Labute approximate surface area is 194 Å². The highest BCUT2D eigenvalue weighted by molar-refractivity contribution is 6.36. The van der Waals surface area contributed by atoms with Crippen LogP contribution < -0.4 is 4.74 Å². The summed E-state index contributed by atoms with van der Waals surface area (Å²) in [5.74, 6) is 0.516. The molecule has 32 heavy (non-hydrogen) atoms. The molecule has 1 aliphatic heterocycles. The maximum atomic E-state index is 9.48. The Kier molecular flexibility index (Phi) is 5.66. The van der Waals surface area contributed by atoms with Gasteiger partial charge >= 0.3 is 0 Å². The van der Waals surface area contributed by atoms with E-state index in [1.54, 1.807) is 13.3 Å². The number of ether oxygens (including phenoxy) is 1.